The molecule has 2 amide bonds. The van der Waals surface area contributed by atoms with Crippen LogP contribution in [0.1, 0.15) is 36.2 Å². The number of amides is 2. The lowest BCUT2D eigenvalue weighted by Gasteiger charge is -2.22. The molecular formula is C20H19F3N2O3. The van der Waals surface area contributed by atoms with Crippen molar-refractivity contribution >= 4 is 29.0 Å². The van der Waals surface area contributed by atoms with E-state index in [1.165, 1.54) is 32.0 Å². The van der Waals surface area contributed by atoms with Crippen molar-refractivity contribution in [3.05, 3.63) is 59.7 Å². The number of nitrogens with zero attached hydrogens (tertiary/aromatic N) is 1. The van der Waals surface area contributed by atoms with Crippen molar-refractivity contribution in [1.82, 2.24) is 0 Å². The molecule has 2 aromatic rings. The van der Waals surface area contributed by atoms with E-state index >= 15 is 0 Å². The number of ketones is 1. The first-order chi connectivity index (χ1) is 13.1. The molecule has 0 aliphatic rings. The van der Waals surface area contributed by atoms with Gasteiger partial charge in [-0.05, 0) is 37.3 Å². The summed E-state index contributed by atoms with van der Waals surface area (Å²) in [5.41, 5.74) is 0.0497. The smallest absolute Gasteiger partial charge is 0.326 e. The highest BCUT2D eigenvalue weighted by Gasteiger charge is 2.31. The monoisotopic (exact) mass is 392 g/mol. The van der Waals surface area contributed by atoms with Crippen LogP contribution < -0.4 is 10.2 Å². The Kier molecular flexibility index (Phi) is 6.56. The number of carbonyl (C=O) groups excluding carboxylic acids is 3. The van der Waals surface area contributed by atoms with Gasteiger partial charge in [0.25, 0.3) is 0 Å². The maximum atomic E-state index is 12.9. The lowest BCUT2D eigenvalue weighted by molar-refractivity contribution is -0.137. The number of benzene rings is 2. The Balaban J connectivity index is 2.08. The van der Waals surface area contributed by atoms with Crippen LogP contribution in [-0.4, -0.2) is 24.1 Å². The Morgan fingerprint density at radius 1 is 1.00 bits per heavy atom. The maximum Gasteiger partial charge on any atom is 0.416 e. The normalized spacial score (nSPS) is 11.0. The minimum Gasteiger partial charge on any atom is -0.326 e. The van der Waals surface area contributed by atoms with Gasteiger partial charge in [-0.25, -0.2) is 0 Å². The third kappa shape index (κ3) is 5.67. The molecule has 0 radical (unpaired) electrons. The maximum absolute atomic E-state index is 12.9. The van der Waals surface area contributed by atoms with Gasteiger partial charge in [0.2, 0.25) is 11.8 Å². The zero-order chi connectivity index (χ0) is 20.9. The quantitative estimate of drug-likeness (QED) is 0.746. The summed E-state index contributed by atoms with van der Waals surface area (Å²) in [5.74, 6) is -1.06. The fourth-order valence-electron chi connectivity index (χ4n) is 2.57. The summed E-state index contributed by atoms with van der Waals surface area (Å²) in [6.45, 7) is 2.53. The number of carbonyl (C=O) groups is 3. The predicted molar refractivity (Wildman–Crippen MR) is 99.2 cm³/mol. The molecule has 0 atom stereocenters. The second-order valence-electron chi connectivity index (χ2n) is 6.15. The first kappa shape index (κ1) is 21.1. The summed E-state index contributed by atoms with van der Waals surface area (Å²) in [5, 5.41) is 2.61. The summed E-state index contributed by atoms with van der Waals surface area (Å²) in [4.78, 5) is 36.5. The molecule has 1 N–H and O–H groups in total. The van der Waals surface area contributed by atoms with Gasteiger partial charge in [-0.3, -0.25) is 14.4 Å². The Morgan fingerprint density at radius 3 is 2.29 bits per heavy atom. The van der Waals surface area contributed by atoms with Crippen molar-refractivity contribution in [2.75, 3.05) is 16.8 Å². The van der Waals surface area contributed by atoms with Crippen molar-refractivity contribution in [3.8, 4) is 0 Å². The average Bonchev–Trinajstić information content (AvgIpc) is 2.61. The van der Waals surface area contributed by atoms with Crippen molar-refractivity contribution in [1.29, 1.82) is 0 Å². The molecule has 28 heavy (non-hydrogen) atoms. The van der Waals surface area contributed by atoms with Gasteiger partial charge in [-0.2, -0.15) is 13.2 Å². The molecule has 8 heteroatoms. The van der Waals surface area contributed by atoms with Crippen molar-refractivity contribution in [3.63, 3.8) is 0 Å². The van der Waals surface area contributed by atoms with Crippen molar-refractivity contribution < 1.29 is 27.6 Å². The number of nitrogens with one attached hydrogen (secondary N) is 1. The first-order valence-electron chi connectivity index (χ1n) is 8.44. The fraction of sp³-hybridized carbons (Fsp3) is 0.250. The summed E-state index contributed by atoms with van der Waals surface area (Å²) in [7, 11) is 0. The van der Waals surface area contributed by atoms with E-state index in [1.807, 2.05) is 0 Å². The highest BCUT2D eigenvalue weighted by atomic mass is 19.4. The number of anilines is 2. The van der Waals surface area contributed by atoms with Crippen molar-refractivity contribution in [2.24, 2.45) is 0 Å². The van der Waals surface area contributed by atoms with Crippen LogP contribution in [0, 0.1) is 0 Å². The number of hydrogen-bond acceptors (Lipinski definition) is 3. The minimum absolute atomic E-state index is 0.0636. The molecule has 2 aromatic carbocycles. The SMILES string of the molecule is CC(=O)c1cccc(NC(=O)CCN(C(C)=O)c2cccc(C(F)(F)F)c2)c1. The summed E-state index contributed by atoms with van der Waals surface area (Å²) in [6, 6.07) is 10.7. The molecule has 0 spiro atoms. The van der Waals surface area contributed by atoms with Gasteiger partial charge in [0.1, 0.15) is 0 Å². The largest absolute Gasteiger partial charge is 0.416 e. The second-order valence-corrected chi connectivity index (χ2v) is 6.15. The molecule has 0 bridgehead atoms. The van der Waals surface area contributed by atoms with E-state index in [4.69, 9.17) is 0 Å². The molecule has 2 rings (SSSR count). The van der Waals surface area contributed by atoms with E-state index in [0.29, 0.717) is 11.3 Å². The van der Waals surface area contributed by atoms with Gasteiger partial charge in [-0.15, -0.1) is 0 Å². The average molecular weight is 392 g/mol. The Labute approximate surface area is 160 Å². The molecule has 5 nitrogen and oxygen atoms in total. The molecule has 0 aromatic heterocycles. The Hall–Kier alpha value is -3.16. The van der Waals surface area contributed by atoms with E-state index in [1.54, 1.807) is 18.2 Å². The zero-order valence-electron chi connectivity index (χ0n) is 15.3. The fourth-order valence-corrected chi connectivity index (χ4v) is 2.57. The van der Waals surface area contributed by atoms with E-state index < -0.39 is 23.6 Å². The van der Waals surface area contributed by atoms with E-state index in [9.17, 15) is 27.6 Å². The van der Waals surface area contributed by atoms with Crippen LogP contribution in [-0.2, 0) is 15.8 Å². The molecule has 0 aliphatic carbocycles. The van der Waals surface area contributed by atoms with Gasteiger partial charge in [0, 0.05) is 36.8 Å². The van der Waals surface area contributed by atoms with Gasteiger partial charge in [0.05, 0.1) is 5.56 Å². The number of rotatable bonds is 6. The molecule has 0 heterocycles. The van der Waals surface area contributed by atoms with Gasteiger partial charge >= 0.3 is 6.18 Å². The van der Waals surface area contributed by atoms with Crippen LogP contribution in [0.4, 0.5) is 24.5 Å². The third-order valence-electron chi connectivity index (χ3n) is 3.98. The first-order valence-corrected chi connectivity index (χ1v) is 8.44. The van der Waals surface area contributed by atoms with E-state index in [-0.39, 0.29) is 24.4 Å². The highest BCUT2D eigenvalue weighted by molar-refractivity contribution is 5.97. The van der Waals surface area contributed by atoms with Crippen LogP contribution in [0.25, 0.3) is 0 Å². The number of Topliss-reactive ketones (excluding diaryl/α,β-unsaturated/α-hetero) is 1. The van der Waals surface area contributed by atoms with Crippen LogP contribution in [0.2, 0.25) is 0 Å². The lowest BCUT2D eigenvalue weighted by atomic mass is 10.1. The molecule has 0 saturated heterocycles. The molecule has 0 aliphatic heterocycles. The van der Waals surface area contributed by atoms with Gasteiger partial charge in [-0.1, -0.05) is 18.2 Å². The molecular weight excluding hydrogens is 373 g/mol. The Bertz CT molecular complexity index is 894. The third-order valence-corrected chi connectivity index (χ3v) is 3.98. The lowest BCUT2D eigenvalue weighted by Crippen LogP contribution is -2.32. The van der Waals surface area contributed by atoms with Crippen LogP contribution >= 0.6 is 0 Å². The number of alkyl halides is 3. The topological polar surface area (TPSA) is 66.5 Å². The van der Waals surface area contributed by atoms with Gasteiger partial charge in [0.15, 0.2) is 5.78 Å². The van der Waals surface area contributed by atoms with Crippen LogP contribution in [0.15, 0.2) is 48.5 Å². The van der Waals surface area contributed by atoms with Crippen LogP contribution in [0.5, 0.6) is 0 Å². The molecule has 0 saturated carbocycles. The molecule has 148 valence electrons. The standard InChI is InChI=1S/C20H19F3N2O3/c1-13(26)15-5-3-7-17(11-15)24-19(28)9-10-25(14(2)27)18-8-4-6-16(12-18)20(21,22)23/h3-8,11-12H,9-10H2,1-2H3,(H,24,28). The predicted octanol–water partition coefficient (Wildman–Crippen LogP) is 4.29. The van der Waals surface area contributed by atoms with Gasteiger partial charge < -0.3 is 10.2 Å². The highest BCUT2D eigenvalue weighted by Crippen LogP contribution is 2.31. The molecule has 0 fully saturated rings. The summed E-state index contributed by atoms with van der Waals surface area (Å²) < 4.78 is 38.7. The second kappa shape index (κ2) is 8.69. The minimum atomic E-state index is -4.53. The van der Waals surface area contributed by atoms with E-state index in [2.05, 4.69) is 5.32 Å². The van der Waals surface area contributed by atoms with E-state index in [0.717, 1.165) is 17.0 Å². The van der Waals surface area contributed by atoms with Crippen LogP contribution in [0.3, 0.4) is 0 Å². The Morgan fingerprint density at radius 2 is 1.68 bits per heavy atom. The summed E-state index contributed by atoms with van der Waals surface area (Å²) in [6.07, 6.45) is -4.66. The zero-order valence-corrected chi connectivity index (χ0v) is 15.3. The number of hydrogen-bond donors (Lipinski definition) is 1. The van der Waals surface area contributed by atoms with Crippen molar-refractivity contribution in [2.45, 2.75) is 26.4 Å². The number of halogens is 3. The summed E-state index contributed by atoms with van der Waals surface area (Å²) >= 11 is 0. The molecule has 0 unspecified atom stereocenters.